The lowest BCUT2D eigenvalue weighted by Gasteiger charge is -2.23. The summed E-state index contributed by atoms with van der Waals surface area (Å²) in [6.45, 7) is 3.91. The molecule has 1 aliphatic heterocycles. The molecule has 0 unspecified atom stereocenters. The predicted octanol–water partition coefficient (Wildman–Crippen LogP) is 4.72. The number of fused-ring (bicyclic) bond motifs is 1. The minimum Gasteiger partial charge on any atom is -0.292 e. The number of rotatable bonds is 4. The van der Waals surface area contributed by atoms with Crippen LogP contribution < -0.4 is 0 Å². The first kappa shape index (κ1) is 16.9. The van der Waals surface area contributed by atoms with Crippen LogP contribution in [0.2, 0.25) is 0 Å². The molecular formula is C18H20ClF2N. The van der Waals surface area contributed by atoms with E-state index in [9.17, 15) is 8.78 Å². The average Bonchev–Trinajstić information content (AvgIpc) is 2.89. The molecule has 0 bridgehead atoms. The van der Waals surface area contributed by atoms with Crippen molar-refractivity contribution in [3.63, 3.8) is 0 Å². The Morgan fingerprint density at radius 3 is 2.32 bits per heavy atom. The molecule has 0 spiro atoms. The second-order valence-electron chi connectivity index (χ2n) is 5.83. The van der Waals surface area contributed by atoms with Gasteiger partial charge in [0, 0.05) is 19.1 Å². The highest BCUT2D eigenvalue weighted by atomic mass is 35.5. The van der Waals surface area contributed by atoms with Crippen molar-refractivity contribution in [2.24, 2.45) is 0 Å². The van der Waals surface area contributed by atoms with Crippen molar-refractivity contribution < 1.29 is 8.78 Å². The fourth-order valence-electron chi connectivity index (χ4n) is 2.91. The van der Waals surface area contributed by atoms with Crippen molar-refractivity contribution in [3.8, 4) is 0 Å². The van der Waals surface area contributed by atoms with Crippen LogP contribution >= 0.6 is 12.4 Å². The minimum atomic E-state index is -0.191. The molecule has 4 heteroatoms. The fourth-order valence-corrected chi connectivity index (χ4v) is 2.91. The zero-order valence-corrected chi connectivity index (χ0v) is 13.4. The molecule has 0 amide bonds. The Morgan fingerprint density at radius 2 is 1.59 bits per heavy atom. The van der Waals surface area contributed by atoms with Gasteiger partial charge in [0.05, 0.1) is 0 Å². The first-order chi connectivity index (χ1) is 10.1. The largest absolute Gasteiger partial charge is 0.292 e. The van der Waals surface area contributed by atoms with Gasteiger partial charge in [-0.05, 0) is 60.7 Å². The molecule has 0 aromatic heterocycles. The number of halogens is 3. The highest BCUT2D eigenvalue weighted by Gasteiger charge is 2.23. The van der Waals surface area contributed by atoms with Gasteiger partial charge in [0.2, 0.25) is 0 Å². The monoisotopic (exact) mass is 323 g/mol. The van der Waals surface area contributed by atoms with Gasteiger partial charge in [0.25, 0.3) is 0 Å². The molecule has 0 aliphatic carbocycles. The van der Waals surface area contributed by atoms with Gasteiger partial charge in [-0.25, -0.2) is 8.78 Å². The molecule has 0 N–H and O–H groups in total. The van der Waals surface area contributed by atoms with Crippen LogP contribution in [0, 0.1) is 11.6 Å². The summed E-state index contributed by atoms with van der Waals surface area (Å²) in [7, 11) is 0. The maximum absolute atomic E-state index is 13.2. The summed E-state index contributed by atoms with van der Waals surface area (Å²) >= 11 is 0. The van der Waals surface area contributed by atoms with Crippen molar-refractivity contribution in [2.75, 3.05) is 0 Å². The number of benzene rings is 2. The molecule has 1 atom stereocenters. The Kier molecular flexibility index (Phi) is 5.54. The van der Waals surface area contributed by atoms with E-state index in [1.807, 2.05) is 18.2 Å². The smallest absolute Gasteiger partial charge is 0.123 e. The second-order valence-corrected chi connectivity index (χ2v) is 5.83. The number of aryl methyl sites for hydroxylation is 1. The zero-order chi connectivity index (χ0) is 14.8. The molecule has 1 aliphatic rings. The normalized spacial score (nSPS) is 15.2. The van der Waals surface area contributed by atoms with Gasteiger partial charge >= 0.3 is 0 Å². The molecule has 118 valence electrons. The third kappa shape index (κ3) is 3.84. The van der Waals surface area contributed by atoms with Gasteiger partial charge in [0.15, 0.2) is 0 Å². The maximum atomic E-state index is 13.2. The first-order valence-corrected chi connectivity index (χ1v) is 7.37. The molecule has 0 radical (unpaired) electrons. The molecule has 22 heavy (non-hydrogen) atoms. The topological polar surface area (TPSA) is 3.24 Å². The number of hydrogen-bond acceptors (Lipinski definition) is 1. The first-order valence-electron chi connectivity index (χ1n) is 7.37. The van der Waals surface area contributed by atoms with E-state index in [4.69, 9.17) is 0 Å². The molecule has 0 saturated carbocycles. The van der Waals surface area contributed by atoms with Crippen molar-refractivity contribution in [2.45, 2.75) is 38.9 Å². The van der Waals surface area contributed by atoms with Crippen LogP contribution in [0.3, 0.4) is 0 Å². The van der Waals surface area contributed by atoms with E-state index < -0.39 is 0 Å². The van der Waals surface area contributed by atoms with Crippen molar-refractivity contribution in [3.05, 3.63) is 70.8 Å². The lowest BCUT2D eigenvalue weighted by atomic mass is 10.1. The number of nitrogens with zero attached hydrogens (tertiary/aromatic N) is 1. The third-order valence-corrected chi connectivity index (χ3v) is 4.30. The quantitative estimate of drug-likeness (QED) is 0.786. The van der Waals surface area contributed by atoms with Crippen molar-refractivity contribution >= 4 is 12.4 Å². The molecule has 0 fully saturated rings. The fraction of sp³-hybridized carbons (Fsp3) is 0.333. The van der Waals surface area contributed by atoms with E-state index in [0.29, 0.717) is 6.04 Å². The molecule has 1 nitrogen and oxygen atoms in total. The van der Waals surface area contributed by atoms with E-state index in [1.165, 1.54) is 23.8 Å². The maximum Gasteiger partial charge on any atom is 0.123 e. The summed E-state index contributed by atoms with van der Waals surface area (Å²) in [4.78, 5) is 2.37. The van der Waals surface area contributed by atoms with Crippen LogP contribution in [0.15, 0.2) is 42.5 Å². The summed E-state index contributed by atoms with van der Waals surface area (Å²) in [6, 6.07) is 12.2. The van der Waals surface area contributed by atoms with Gasteiger partial charge in [-0.15, -0.1) is 12.4 Å². The van der Waals surface area contributed by atoms with Gasteiger partial charge < -0.3 is 0 Å². The van der Waals surface area contributed by atoms with Gasteiger partial charge in [-0.2, -0.15) is 0 Å². The highest BCUT2D eigenvalue weighted by Crippen LogP contribution is 2.26. The van der Waals surface area contributed by atoms with Crippen molar-refractivity contribution in [1.82, 2.24) is 4.90 Å². The molecule has 3 rings (SSSR count). The molecular weight excluding hydrogens is 304 g/mol. The number of hydrogen-bond donors (Lipinski definition) is 0. The SMILES string of the molecule is C[C@H](CCc1ccc(F)cc1)N1Cc2ccc(F)cc2C1.Cl. The summed E-state index contributed by atoms with van der Waals surface area (Å²) in [5.74, 6) is -0.349. The van der Waals surface area contributed by atoms with Crippen LogP contribution in [0.25, 0.3) is 0 Å². The van der Waals surface area contributed by atoms with Crippen LogP contribution in [-0.4, -0.2) is 10.9 Å². The molecule has 2 aromatic carbocycles. The van der Waals surface area contributed by atoms with Gasteiger partial charge in [0.1, 0.15) is 11.6 Å². The summed E-state index contributed by atoms with van der Waals surface area (Å²) in [5.41, 5.74) is 3.49. The van der Waals surface area contributed by atoms with Gasteiger partial charge in [-0.1, -0.05) is 18.2 Å². The third-order valence-electron chi connectivity index (χ3n) is 4.30. The van der Waals surface area contributed by atoms with E-state index in [2.05, 4.69) is 11.8 Å². The standard InChI is InChI=1S/C18H19F2N.ClH/c1-13(2-3-14-4-7-17(19)8-5-14)21-11-15-6-9-18(20)10-16(15)12-21;/h4-10,13H,2-3,11-12H2,1H3;1H/t13-;/m1./s1. The van der Waals surface area contributed by atoms with Gasteiger partial charge in [-0.3, -0.25) is 4.90 Å². The zero-order valence-electron chi connectivity index (χ0n) is 12.6. The summed E-state index contributed by atoms with van der Waals surface area (Å²) in [6.07, 6.45) is 1.95. The van der Waals surface area contributed by atoms with Crippen LogP contribution in [-0.2, 0) is 19.5 Å². The Bertz CT molecular complexity index is 627. The van der Waals surface area contributed by atoms with E-state index in [1.54, 1.807) is 6.07 Å². The Hall–Kier alpha value is -1.45. The van der Waals surface area contributed by atoms with Crippen LogP contribution in [0.1, 0.15) is 30.0 Å². The van der Waals surface area contributed by atoms with Crippen LogP contribution in [0.5, 0.6) is 0 Å². The Labute approximate surface area is 136 Å². The Morgan fingerprint density at radius 1 is 0.955 bits per heavy atom. The average molecular weight is 324 g/mol. The second kappa shape index (κ2) is 7.21. The highest BCUT2D eigenvalue weighted by molar-refractivity contribution is 5.85. The lowest BCUT2D eigenvalue weighted by molar-refractivity contribution is 0.203. The molecule has 1 heterocycles. The van der Waals surface area contributed by atoms with Crippen molar-refractivity contribution in [1.29, 1.82) is 0 Å². The summed E-state index contributed by atoms with van der Waals surface area (Å²) < 4.78 is 26.1. The summed E-state index contributed by atoms with van der Waals surface area (Å²) in [5, 5.41) is 0. The van der Waals surface area contributed by atoms with Crippen LogP contribution in [0.4, 0.5) is 8.78 Å². The van der Waals surface area contributed by atoms with E-state index in [0.717, 1.165) is 37.1 Å². The van der Waals surface area contributed by atoms with E-state index in [-0.39, 0.29) is 24.0 Å². The minimum absolute atomic E-state index is 0. The molecule has 2 aromatic rings. The predicted molar refractivity (Wildman–Crippen MR) is 87.1 cm³/mol. The Balaban J connectivity index is 0.00000176. The van der Waals surface area contributed by atoms with E-state index >= 15 is 0 Å². The molecule has 0 saturated heterocycles. The lowest BCUT2D eigenvalue weighted by Crippen LogP contribution is -2.28.